The van der Waals surface area contributed by atoms with E-state index in [1.54, 1.807) is 52.4 Å². The minimum absolute atomic E-state index is 0.127. The summed E-state index contributed by atoms with van der Waals surface area (Å²) in [6.45, 7) is 1.91. The first-order chi connectivity index (χ1) is 23.1. The van der Waals surface area contributed by atoms with E-state index in [9.17, 15) is 22.3 Å². The van der Waals surface area contributed by atoms with Gasteiger partial charge in [-0.3, -0.25) is 9.71 Å². The third kappa shape index (κ3) is 7.33. The molecule has 3 aromatic heterocycles. The summed E-state index contributed by atoms with van der Waals surface area (Å²) in [5, 5.41) is 21.4. The van der Waals surface area contributed by atoms with E-state index in [0.717, 1.165) is 37.2 Å². The molecule has 2 saturated heterocycles. The molecule has 5 heterocycles. The minimum Gasteiger partial charge on any atom is -0.395 e. The molecule has 4 aromatic rings. The Labute approximate surface area is 277 Å². The van der Waals surface area contributed by atoms with E-state index in [4.69, 9.17) is 4.98 Å². The summed E-state index contributed by atoms with van der Waals surface area (Å²) in [6.07, 6.45) is 9.25. The van der Waals surface area contributed by atoms with Crippen molar-refractivity contribution in [3.63, 3.8) is 0 Å². The van der Waals surface area contributed by atoms with E-state index in [1.807, 2.05) is 12.1 Å². The zero-order valence-corrected chi connectivity index (χ0v) is 27.2. The second kappa shape index (κ2) is 12.9. The SMILES string of the molecule is O=S(=O)(CCO)Nc1ccc(-n2cc(-c3cc(NCc4ccncc4)nc(N4CCC(F)(F)CC4)n3)nn2)c(N2CCC3(CC2)CC3)c1. The maximum Gasteiger partial charge on any atom is 0.251 e. The number of hydrogen-bond acceptors (Lipinski definition) is 11. The van der Waals surface area contributed by atoms with Crippen molar-refractivity contribution in [2.45, 2.75) is 51.0 Å². The van der Waals surface area contributed by atoms with Crippen LogP contribution in [0.3, 0.4) is 0 Å². The Balaban J connectivity index is 1.21. The van der Waals surface area contributed by atoms with Gasteiger partial charge in [-0.15, -0.1) is 5.10 Å². The van der Waals surface area contributed by atoms with Gasteiger partial charge in [-0.05, 0) is 67.0 Å². The van der Waals surface area contributed by atoms with Crippen LogP contribution in [0.2, 0.25) is 0 Å². The minimum atomic E-state index is -3.72. The maximum absolute atomic E-state index is 14.0. The van der Waals surface area contributed by atoms with E-state index >= 15 is 0 Å². The van der Waals surface area contributed by atoms with Gasteiger partial charge in [-0.25, -0.2) is 26.9 Å². The Morgan fingerprint density at radius 2 is 1.58 bits per heavy atom. The molecule has 0 unspecified atom stereocenters. The van der Waals surface area contributed by atoms with Crippen LogP contribution in [0.5, 0.6) is 0 Å². The number of pyridine rings is 1. The Morgan fingerprint density at radius 1 is 0.854 bits per heavy atom. The summed E-state index contributed by atoms with van der Waals surface area (Å²) in [6, 6.07) is 10.8. The number of nitrogens with one attached hydrogen (secondary N) is 2. The van der Waals surface area contributed by atoms with Crippen molar-refractivity contribution >= 4 is 33.2 Å². The lowest BCUT2D eigenvalue weighted by Gasteiger charge is -2.35. The molecule has 1 spiro atoms. The topological polar surface area (TPSA) is 154 Å². The fourth-order valence-corrected chi connectivity index (χ4v) is 7.14. The summed E-state index contributed by atoms with van der Waals surface area (Å²) >= 11 is 0. The second-order valence-electron chi connectivity index (χ2n) is 12.9. The smallest absolute Gasteiger partial charge is 0.251 e. The Kier molecular flexibility index (Phi) is 8.62. The Bertz CT molecular complexity index is 1850. The molecule has 1 aliphatic carbocycles. The normalized spacial score (nSPS) is 18.6. The number of aromatic nitrogens is 6. The zero-order valence-electron chi connectivity index (χ0n) is 26.4. The van der Waals surface area contributed by atoms with Crippen LogP contribution in [0.1, 0.15) is 44.1 Å². The van der Waals surface area contributed by atoms with Gasteiger partial charge < -0.3 is 20.2 Å². The standard InChI is InChI=1S/C32H38F2N10O3S/c33-32(34)9-15-43(16-10-32)30-37-25(20-29(38-30)36-21-23-3-11-35-12-4-23)26-22-44(41-39-26)27-2-1-24(40-48(46,47)18-17-45)19-28(27)42-13-7-31(5-6-31)8-14-42/h1-4,11-12,19-20,22,40,45H,5-10,13-18,21H2,(H,36,37,38). The van der Waals surface area contributed by atoms with E-state index < -0.39 is 28.3 Å². The molecule has 1 aromatic carbocycles. The number of aliphatic hydroxyl groups is 1. The number of alkyl halides is 2. The fraction of sp³-hybridized carbons (Fsp3) is 0.469. The van der Waals surface area contributed by atoms with Gasteiger partial charge in [0.2, 0.25) is 16.0 Å². The van der Waals surface area contributed by atoms with Crippen molar-refractivity contribution in [1.29, 1.82) is 0 Å². The molecule has 254 valence electrons. The highest BCUT2D eigenvalue weighted by atomic mass is 32.2. The molecule has 0 atom stereocenters. The van der Waals surface area contributed by atoms with Crippen molar-refractivity contribution in [2.24, 2.45) is 5.41 Å². The quantitative estimate of drug-likeness (QED) is 0.210. The van der Waals surface area contributed by atoms with Crippen molar-refractivity contribution < 1.29 is 22.3 Å². The molecule has 7 rings (SSSR count). The van der Waals surface area contributed by atoms with Gasteiger partial charge in [0.15, 0.2) is 0 Å². The first-order valence-corrected chi connectivity index (χ1v) is 17.8. The van der Waals surface area contributed by atoms with Crippen LogP contribution in [0, 0.1) is 5.41 Å². The molecule has 0 radical (unpaired) electrons. The third-order valence-electron chi connectivity index (χ3n) is 9.45. The van der Waals surface area contributed by atoms with Crippen LogP contribution in [0.25, 0.3) is 17.1 Å². The fourth-order valence-electron chi connectivity index (χ4n) is 6.31. The molecule has 3 fully saturated rings. The van der Waals surface area contributed by atoms with Gasteiger partial charge in [0.05, 0.1) is 41.3 Å². The van der Waals surface area contributed by atoms with Gasteiger partial charge in [-0.2, -0.15) is 4.98 Å². The summed E-state index contributed by atoms with van der Waals surface area (Å²) in [5.74, 6) is -2.26. The Morgan fingerprint density at radius 3 is 2.29 bits per heavy atom. The highest BCUT2D eigenvalue weighted by Crippen LogP contribution is 2.54. The van der Waals surface area contributed by atoms with Gasteiger partial charge in [-0.1, -0.05) is 5.21 Å². The molecule has 13 nitrogen and oxygen atoms in total. The van der Waals surface area contributed by atoms with Gasteiger partial charge in [0.25, 0.3) is 5.92 Å². The van der Waals surface area contributed by atoms with Gasteiger partial charge in [0, 0.05) is 64.0 Å². The number of halogens is 2. The third-order valence-corrected chi connectivity index (χ3v) is 10.7. The number of nitrogens with zero attached hydrogens (tertiary/aromatic N) is 8. The molecule has 48 heavy (non-hydrogen) atoms. The van der Waals surface area contributed by atoms with Crippen molar-refractivity contribution in [2.75, 3.05) is 58.4 Å². The molecule has 16 heteroatoms. The molecule has 0 bridgehead atoms. The number of anilines is 4. The van der Waals surface area contributed by atoms with Gasteiger partial charge >= 0.3 is 0 Å². The zero-order chi connectivity index (χ0) is 33.4. The lowest BCUT2D eigenvalue weighted by atomic mass is 9.93. The maximum atomic E-state index is 14.0. The lowest BCUT2D eigenvalue weighted by molar-refractivity contribution is -0.0222. The first-order valence-electron chi connectivity index (χ1n) is 16.2. The number of sulfonamides is 1. The predicted molar refractivity (Wildman–Crippen MR) is 178 cm³/mol. The molecule has 3 N–H and O–H groups in total. The highest BCUT2D eigenvalue weighted by Gasteiger charge is 2.44. The summed E-state index contributed by atoms with van der Waals surface area (Å²) in [4.78, 5) is 17.5. The average Bonchev–Trinajstić information content (AvgIpc) is 3.63. The summed E-state index contributed by atoms with van der Waals surface area (Å²) in [7, 11) is -3.72. The van der Waals surface area contributed by atoms with Crippen molar-refractivity contribution in [1.82, 2.24) is 29.9 Å². The largest absolute Gasteiger partial charge is 0.395 e. The lowest BCUT2D eigenvalue weighted by Crippen LogP contribution is -2.40. The number of aliphatic hydroxyl groups excluding tert-OH is 1. The molecular weight excluding hydrogens is 642 g/mol. The van der Waals surface area contributed by atoms with Crippen LogP contribution in [0.4, 0.5) is 31.9 Å². The van der Waals surface area contributed by atoms with E-state index in [2.05, 4.69) is 35.2 Å². The average molecular weight is 681 g/mol. The van der Waals surface area contributed by atoms with Crippen LogP contribution in [-0.2, 0) is 16.6 Å². The van der Waals surface area contributed by atoms with E-state index in [0.29, 0.717) is 46.5 Å². The van der Waals surface area contributed by atoms with Gasteiger partial charge in [0.1, 0.15) is 11.5 Å². The molecule has 1 saturated carbocycles. The number of piperidine rings is 2. The first kappa shape index (κ1) is 32.1. The Hall–Kier alpha value is -4.44. The second-order valence-corrected chi connectivity index (χ2v) is 14.7. The summed E-state index contributed by atoms with van der Waals surface area (Å²) in [5.41, 5.74) is 4.29. The van der Waals surface area contributed by atoms with Crippen LogP contribution in [-0.4, -0.2) is 87.9 Å². The number of benzene rings is 1. The summed E-state index contributed by atoms with van der Waals surface area (Å²) < 4.78 is 57.1. The van der Waals surface area contributed by atoms with E-state index in [1.165, 1.54) is 12.8 Å². The molecule has 3 aliphatic rings. The number of hydrogen-bond donors (Lipinski definition) is 3. The van der Waals surface area contributed by atoms with Crippen molar-refractivity contribution in [3.05, 3.63) is 60.6 Å². The van der Waals surface area contributed by atoms with Crippen LogP contribution < -0.4 is 19.8 Å². The predicted octanol–water partition coefficient (Wildman–Crippen LogP) is 4.08. The molecular formula is C32H38F2N10O3S. The highest BCUT2D eigenvalue weighted by molar-refractivity contribution is 7.92. The van der Waals surface area contributed by atoms with Crippen LogP contribution >= 0.6 is 0 Å². The monoisotopic (exact) mass is 680 g/mol. The molecule has 0 amide bonds. The van der Waals surface area contributed by atoms with Crippen molar-refractivity contribution in [3.8, 4) is 17.1 Å². The van der Waals surface area contributed by atoms with Crippen LogP contribution in [0.15, 0.2) is 55.0 Å². The molecule has 2 aliphatic heterocycles. The van der Waals surface area contributed by atoms with E-state index in [-0.39, 0.29) is 25.9 Å². The number of rotatable bonds is 11.